The maximum Gasteiger partial charge on any atom is 0.345 e. The Bertz CT molecular complexity index is 612. The lowest BCUT2D eigenvalue weighted by Gasteiger charge is -2.05. The lowest BCUT2D eigenvalue weighted by molar-refractivity contribution is -0.122. The first-order valence-corrected chi connectivity index (χ1v) is 8.21. The van der Waals surface area contributed by atoms with Crippen molar-refractivity contribution in [1.29, 1.82) is 0 Å². The molecule has 1 heterocycles. The number of carboxylic acid groups (broad SMARTS) is 1. The molecule has 0 fully saturated rings. The van der Waals surface area contributed by atoms with Crippen molar-refractivity contribution in [2.24, 2.45) is 5.73 Å². The number of carboxylic acids is 1. The molecule has 1 rings (SSSR count). The SMILES string of the molecule is NC(=O)COCCNS(=O)(=O)c1cc(C(=O)O)sc1Br. The number of ether oxygens (including phenoxy) is 1. The summed E-state index contributed by atoms with van der Waals surface area (Å²) >= 11 is 3.81. The van der Waals surface area contributed by atoms with Crippen LogP contribution in [0, 0.1) is 0 Å². The fourth-order valence-corrected chi connectivity index (χ4v) is 4.55. The average molecular weight is 387 g/mol. The maximum absolute atomic E-state index is 11.9. The van der Waals surface area contributed by atoms with Crippen molar-refractivity contribution in [2.75, 3.05) is 19.8 Å². The van der Waals surface area contributed by atoms with Gasteiger partial charge in [0.2, 0.25) is 15.9 Å². The number of hydrogen-bond donors (Lipinski definition) is 3. The Morgan fingerprint density at radius 1 is 1.50 bits per heavy atom. The summed E-state index contributed by atoms with van der Waals surface area (Å²) < 4.78 is 31.0. The van der Waals surface area contributed by atoms with E-state index in [4.69, 9.17) is 15.6 Å². The highest BCUT2D eigenvalue weighted by Crippen LogP contribution is 2.31. The van der Waals surface area contributed by atoms with Crippen molar-refractivity contribution < 1.29 is 27.9 Å². The van der Waals surface area contributed by atoms with Crippen molar-refractivity contribution in [3.8, 4) is 0 Å². The predicted octanol–water partition coefficient (Wildman–Crippen LogP) is -0.0110. The van der Waals surface area contributed by atoms with E-state index in [0.29, 0.717) is 0 Å². The highest BCUT2D eigenvalue weighted by atomic mass is 79.9. The summed E-state index contributed by atoms with van der Waals surface area (Å²) in [6.45, 7) is -0.400. The molecule has 0 saturated heterocycles. The topological polar surface area (TPSA) is 136 Å². The van der Waals surface area contributed by atoms with E-state index in [2.05, 4.69) is 20.7 Å². The number of carbonyl (C=O) groups is 2. The molecule has 1 aromatic rings. The van der Waals surface area contributed by atoms with E-state index in [9.17, 15) is 18.0 Å². The van der Waals surface area contributed by atoms with Gasteiger partial charge in [-0.3, -0.25) is 4.79 Å². The highest BCUT2D eigenvalue weighted by molar-refractivity contribution is 9.11. The Labute approximate surface area is 127 Å². The van der Waals surface area contributed by atoms with Crippen LogP contribution < -0.4 is 10.5 Å². The van der Waals surface area contributed by atoms with Crippen LogP contribution in [0.4, 0.5) is 0 Å². The number of primary amides is 1. The van der Waals surface area contributed by atoms with Crippen LogP contribution in [0.2, 0.25) is 0 Å². The minimum Gasteiger partial charge on any atom is -0.477 e. The zero-order valence-corrected chi connectivity index (χ0v) is 13.2. The number of sulfonamides is 1. The van der Waals surface area contributed by atoms with Gasteiger partial charge < -0.3 is 15.6 Å². The van der Waals surface area contributed by atoms with Crippen molar-refractivity contribution in [1.82, 2.24) is 4.72 Å². The average Bonchev–Trinajstić information content (AvgIpc) is 2.71. The van der Waals surface area contributed by atoms with E-state index in [1.54, 1.807) is 0 Å². The number of halogens is 1. The molecule has 0 saturated carbocycles. The van der Waals surface area contributed by atoms with Crippen LogP contribution in [0.3, 0.4) is 0 Å². The molecular formula is C9H11BrN2O6S2. The molecule has 4 N–H and O–H groups in total. The van der Waals surface area contributed by atoms with E-state index >= 15 is 0 Å². The highest BCUT2D eigenvalue weighted by Gasteiger charge is 2.22. The first-order chi connectivity index (χ1) is 9.24. The summed E-state index contributed by atoms with van der Waals surface area (Å²) in [5.74, 6) is -1.86. The third-order valence-electron chi connectivity index (χ3n) is 1.94. The van der Waals surface area contributed by atoms with Gasteiger partial charge in [0, 0.05) is 6.54 Å². The fourth-order valence-electron chi connectivity index (χ4n) is 1.14. The third kappa shape index (κ3) is 4.83. The van der Waals surface area contributed by atoms with Crippen LogP contribution in [0.15, 0.2) is 14.7 Å². The van der Waals surface area contributed by atoms with Gasteiger partial charge in [-0.05, 0) is 22.0 Å². The Kier molecular flexibility index (Phi) is 6.07. The van der Waals surface area contributed by atoms with Crippen molar-refractivity contribution >= 4 is 49.2 Å². The van der Waals surface area contributed by atoms with E-state index in [0.717, 1.165) is 17.4 Å². The monoisotopic (exact) mass is 386 g/mol. The fraction of sp³-hybridized carbons (Fsp3) is 0.333. The Hall–Kier alpha value is -1.01. The summed E-state index contributed by atoms with van der Waals surface area (Å²) in [5.41, 5.74) is 4.84. The molecule has 1 amide bonds. The smallest absolute Gasteiger partial charge is 0.345 e. The van der Waals surface area contributed by atoms with E-state index < -0.39 is 21.9 Å². The second kappa shape index (κ2) is 7.13. The van der Waals surface area contributed by atoms with Crippen LogP contribution in [0.1, 0.15) is 9.67 Å². The first-order valence-electron chi connectivity index (χ1n) is 5.12. The molecule has 0 aliphatic carbocycles. The molecule has 0 atom stereocenters. The number of aromatic carboxylic acids is 1. The summed E-state index contributed by atoms with van der Waals surface area (Å²) in [6.07, 6.45) is 0. The summed E-state index contributed by atoms with van der Waals surface area (Å²) in [6, 6.07) is 1.06. The Morgan fingerprint density at radius 3 is 2.65 bits per heavy atom. The molecule has 20 heavy (non-hydrogen) atoms. The van der Waals surface area contributed by atoms with Gasteiger partial charge in [0.05, 0.1) is 10.4 Å². The Balaban J connectivity index is 2.65. The molecule has 8 nitrogen and oxygen atoms in total. The molecule has 11 heteroatoms. The number of rotatable bonds is 8. The number of thiophene rings is 1. The predicted molar refractivity (Wildman–Crippen MR) is 74.2 cm³/mol. The third-order valence-corrected chi connectivity index (χ3v) is 5.64. The minimum atomic E-state index is -3.85. The van der Waals surface area contributed by atoms with Gasteiger partial charge in [-0.25, -0.2) is 17.9 Å². The molecule has 1 aromatic heterocycles. The molecular weight excluding hydrogens is 376 g/mol. The van der Waals surface area contributed by atoms with Gasteiger partial charge >= 0.3 is 5.97 Å². The summed E-state index contributed by atoms with van der Waals surface area (Å²) in [5, 5.41) is 8.80. The van der Waals surface area contributed by atoms with Crippen LogP contribution in [-0.4, -0.2) is 45.2 Å². The second-order valence-corrected chi connectivity index (χ2v) is 7.58. The van der Waals surface area contributed by atoms with Gasteiger partial charge in [-0.15, -0.1) is 11.3 Å². The van der Waals surface area contributed by atoms with E-state index in [-0.39, 0.29) is 33.3 Å². The lowest BCUT2D eigenvalue weighted by atomic mass is 10.5. The lowest BCUT2D eigenvalue weighted by Crippen LogP contribution is -2.28. The molecule has 0 aliphatic rings. The van der Waals surface area contributed by atoms with Gasteiger partial charge in [0.1, 0.15) is 16.4 Å². The van der Waals surface area contributed by atoms with Gasteiger partial charge in [-0.2, -0.15) is 0 Å². The first kappa shape index (κ1) is 17.0. The van der Waals surface area contributed by atoms with Crippen molar-refractivity contribution in [3.63, 3.8) is 0 Å². The minimum absolute atomic E-state index is 0.0320. The van der Waals surface area contributed by atoms with Gasteiger partial charge in [0.25, 0.3) is 0 Å². The number of hydrogen-bond acceptors (Lipinski definition) is 6. The quantitative estimate of drug-likeness (QED) is 0.537. The van der Waals surface area contributed by atoms with Crippen LogP contribution in [0.5, 0.6) is 0 Å². The summed E-state index contributed by atoms with van der Waals surface area (Å²) in [4.78, 5) is 20.9. The normalized spacial score (nSPS) is 11.4. The number of amides is 1. The molecule has 0 aromatic carbocycles. The Morgan fingerprint density at radius 2 is 2.15 bits per heavy atom. The summed E-state index contributed by atoms with van der Waals surface area (Å²) in [7, 11) is -3.85. The molecule has 0 spiro atoms. The van der Waals surface area contributed by atoms with Crippen LogP contribution in [0.25, 0.3) is 0 Å². The van der Waals surface area contributed by atoms with Crippen LogP contribution in [-0.2, 0) is 19.6 Å². The van der Waals surface area contributed by atoms with Crippen LogP contribution >= 0.6 is 27.3 Å². The zero-order chi connectivity index (χ0) is 15.3. The van der Waals surface area contributed by atoms with E-state index in [1.165, 1.54) is 0 Å². The van der Waals surface area contributed by atoms with E-state index in [1.807, 2.05) is 0 Å². The number of carbonyl (C=O) groups excluding carboxylic acids is 1. The molecule has 0 radical (unpaired) electrons. The van der Waals surface area contributed by atoms with Gasteiger partial charge in [0.15, 0.2) is 0 Å². The second-order valence-electron chi connectivity index (χ2n) is 3.47. The molecule has 0 bridgehead atoms. The zero-order valence-electron chi connectivity index (χ0n) is 9.96. The van der Waals surface area contributed by atoms with Gasteiger partial charge in [-0.1, -0.05) is 0 Å². The largest absolute Gasteiger partial charge is 0.477 e. The molecule has 112 valence electrons. The van der Waals surface area contributed by atoms with Crippen molar-refractivity contribution in [2.45, 2.75) is 4.90 Å². The van der Waals surface area contributed by atoms with Crippen molar-refractivity contribution in [3.05, 3.63) is 14.7 Å². The number of nitrogens with one attached hydrogen (secondary N) is 1. The standard InChI is InChI=1S/C9H11BrN2O6S2/c10-8-6(3-5(19-8)9(14)15)20(16,17)12-1-2-18-4-7(11)13/h3,12H,1-2,4H2,(H2,11,13)(H,14,15). The maximum atomic E-state index is 11.9. The molecule has 0 aliphatic heterocycles. The number of nitrogens with two attached hydrogens (primary N) is 1. The molecule has 0 unspecified atom stereocenters.